The summed E-state index contributed by atoms with van der Waals surface area (Å²) < 4.78 is 33.9. The molecule has 6 heteroatoms. The normalized spacial score (nSPS) is 11.2. The molecule has 0 saturated heterocycles. The van der Waals surface area contributed by atoms with Crippen LogP contribution in [0.25, 0.3) is 11.1 Å². The molecule has 0 aliphatic heterocycles. The number of methoxy groups -OCH3 is 1. The number of sulfonamides is 1. The summed E-state index contributed by atoms with van der Waals surface area (Å²) in [5.74, 6) is 0.247. The van der Waals surface area contributed by atoms with Crippen molar-refractivity contribution in [2.45, 2.75) is 11.8 Å². The van der Waals surface area contributed by atoms with Crippen molar-refractivity contribution in [2.24, 2.45) is 0 Å². The molecule has 0 spiro atoms. The van der Waals surface area contributed by atoms with Crippen molar-refractivity contribution >= 4 is 27.3 Å². The van der Waals surface area contributed by atoms with Crippen LogP contribution in [-0.4, -0.2) is 15.5 Å². The molecule has 4 nitrogen and oxygen atoms in total. The zero-order valence-electron chi connectivity index (χ0n) is 14.4. The van der Waals surface area contributed by atoms with Crippen molar-refractivity contribution in [1.29, 1.82) is 0 Å². The van der Waals surface area contributed by atoms with Gasteiger partial charge in [0.1, 0.15) is 10.6 Å². The van der Waals surface area contributed by atoms with E-state index in [0.29, 0.717) is 10.7 Å². The van der Waals surface area contributed by atoms with Crippen LogP contribution in [0.4, 0.5) is 5.69 Å². The van der Waals surface area contributed by atoms with Gasteiger partial charge in [-0.1, -0.05) is 60.1 Å². The van der Waals surface area contributed by atoms with Gasteiger partial charge in [-0.25, -0.2) is 8.42 Å². The van der Waals surface area contributed by atoms with Crippen LogP contribution >= 0.6 is 11.6 Å². The van der Waals surface area contributed by atoms with Crippen LogP contribution in [0.5, 0.6) is 5.75 Å². The molecule has 0 fully saturated rings. The quantitative estimate of drug-likeness (QED) is 0.660. The van der Waals surface area contributed by atoms with Crippen LogP contribution in [-0.2, 0) is 10.0 Å². The second-order valence-corrected chi connectivity index (χ2v) is 7.83. The number of halogens is 1. The highest BCUT2D eigenvalue weighted by Gasteiger charge is 2.22. The summed E-state index contributed by atoms with van der Waals surface area (Å²) in [6.45, 7) is 1.79. The molecule has 26 heavy (non-hydrogen) atoms. The first-order chi connectivity index (χ1) is 12.4. The van der Waals surface area contributed by atoms with Crippen molar-refractivity contribution in [2.75, 3.05) is 11.8 Å². The van der Waals surface area contributed by atoms with Crippen LogP contribution in [0.15, 0.2) is 71.6 Å². The Morgan fingerprint density at radius 2 is 1.62 bits per heavy atom. The van der Waals surface area contributed by atoms with E-state index in [1.54, 1.807) is 25.1 Å². The van der Waals surface area contributed by atoms with Gasteiger partial charge in [-0.2, -0.15) is 0 Å². The van der Waals surface area contributed by atoms with E-state index in [4.69, 9.17) is 16.3 Å². The van der Waals surface area contributed by atoms with Crippen molar-refractivity contribution < 1.29 is 13.2 Å². The topological polar surface area (TPSA) is 55.4 Å². The first kappa shape index (κ1) is 18.3. The van der Waals surface area contributed by atoms with Crippen LogP contribution < -0.4 is 9.46 Å². The number of hydrogen-bond acceptors (Lipinski definition) is 3. The van der Waals surface area contributed by atoms with Gasteiger partial charge in [0, 0.05) is 10.6 Å². The molecule has 1 N–H and O–H groups in total. The van der Waals surface area contributed by atoms with Crippen molar-refractivity contribution in [3.05, 3.63) is 77.3 Å². The number of aryl methyl sites for hydroxylation is 1. The third-order valence-electron chi connectivity index (χ3n) is 3.99. The first-order valence-electron chi connectivity index (χ1n) is 7.94. The molecule has 0 saturated carbocycles. The van der Waals surface area contributed by atoms with E-state index < -0.39 is 10.0 Å². The summed E-state index contributed by atoms with van der Waals surface area (Å²) in [6, 6.07) is 19.8. The minimum atomic E-state index is -3.89. The Hall–Kier alpha value is -2.50. The lowest BCUT2D eigenvalue weighted by Gasteiger charge is -2.15. The SMILES string of the molecule is COc1cc(C)c(Cl)cc1S(=O)(=O)Nc1ccccc1-c1ccccc1. The average molecular weight is 388 g/mol. The fraction of sp³-hybridized carbons (Fsp3) is 0.100. The lowest BCUT2D eigenvalue weighted by Crippen LogP contribution is -2.15. The molecule has 0 amide bonds. The van der Waals surface area contributed by atoms with Gasteiger partial charge < -0.3 is 4.74 Å². The maximum Gasteiger partial charge on any atom is 0.265 e. The van der Waals surface area contributed by atoms with Gasteiger partial charge in [0.25, 0.3) is 10.0 Å². The predicted molar refractivity (Wildman–Crippen MR) is 105 cm³/mol. The van der Waals surface area contributed by atoms with E-state index in [1.807, 2.05) is 42.5 Å². The highest BCUT2D eigenvalue weighted by Crippen LogP contribution is 2.34. The van der Waals surface area contributed by atoms with Gasteiger partial charge in [-0.3, -0.25) is 4.72 Å². The molecule has 0 aliphatic rings. The highest BCUT2D eigenvalue weighted by molar-refractivity contribution is 7.92. The van der Waals surface area contributed by atoms with Crippen molar-refractivity contribution in [1.82, 2.24) is 0 Å². The average Bonchev–Trinajstić information content (AvgIpc) is 2.64. The number of nitrogens with one attached hydrogen (secondary N) is 1. The zero-order valence-corrected chi connectivity index (χ0v) is 15.9. The molecule has 134 valence electrons. The van der Waals surface area contributed by atoms with Gasteiger partial charge in [0.05, 0.1) is 12.8 Å². The standard InChI is InChI=1S/C20H18ClNO3S/c1-14-12-19(25-2)20(13-17(14)21)26(23,24)22-18-11-7-6-10-16(18)15-8-4-3-5-9-15/h3-13,22H,1-2H3. The molecular weight excluding hydrogens is 370 g/mol. The minimum absolute atomic E-state index is 0.00142. The number of hydrogen-bond donors (Lipinski definition) is 1. The fourth-order valence-electron chi connectivity index (χ4n) is 2.65. The monoisotopic (exact) mass is 387 g/mol. The summed E-state index contributed by atoms with van der Waals surface area (Å²) >= 11 is 6.13. The van der Waals surface area contributed by atoms with E-state index in [0.717, 1.165) is 16.7 Å². The third-order valence-corrected chi connectivity index (χ3v) is 5.78. The lowest BCUT2D eigenvalue weighted by atomic mass is 10.0. The van der Waals surface area contributed by atoms with Gasteiger partial charge in [0.2, 0.25) is 0 Å². The summed E-state index contributed by atoms with van der Waals surface area (Å²) in [5, 5.41) is 0.363. The van der Waals surface area contributed by atoms with Gasteiger partial charge >= 0.3 is 0 Å². The Bertz CT molecular complexity index is 1030. The molecule has 0 radical (unpaired) electrons. The molecular formula is C20H18ClNO3S. The van der Waals surface area contributed by atoms with Crippen LogP contribution in [0.3, 0.4) is 0 Å². The number of para-hydroxylation sites is 1. The number of rotatable bonds is 5. The van der Waals surface area contributed by atoms with Gasteiger partial charge in [0.15, 0.2) is 0 Å². The summed E-state index contributed by atoms with van der Waals surface area (Å²) in [6.07, 6.45) is 0. The maximum atomic E-state index is 13.0. The second-order valence-electron chi connectivity index (χ2n) is 5.77. The zero-order chi connectivity index (χ0) is 18.7. The molecule has 3 aromatic carbocycles. The summed E-state index contributed by atoms with van der Waals surface area (Å²) in [4.78, 5) is -0.00142. The van der Waals surface area contributed by atoms with Crippen LogP contribution in [0.2, 0.25) is 5.02 Å². The van der Waals surface area contributed by atoms with E-state index in [-0.39, 0.29) is 10.6 Å². The highest BCUT2D eigenvalue weighted by atomic mass is 35.5. The third kappa shape index (κ3) is 3.69. The summed E-state index contributed by atoms with van der Waals surface area (Å²) in [7, 11) is -2.46. The van der Waals surface area contributed by atoms with Crippen molar-refractivity contribution in [3.63, 3.8) is 0 Å². The Kier molecular flexibility index (Phi) is 5.20. The molecule has 0 aliphatic carbocycles. The second kappa shape index (κ2) is 7.40. The van der Waals surface area contributed by atoms with E-state index in [9.17, 15) is 8.42 Å². The van der Waals surface area contributed by atoms with E-state index >= 15 is 0 Å². The van der Waals surface area contributed by atoms with E-state index in [1.165, 1.54) is 13.2 Å². The smallest absolute Gasteiger partial charge is 0.265 e. The molecule has 0 heterocycles. The number of anilines is 1. The molecule has 3 rings (SSSR count). The van der Waals surface area contributed by atoms with Gasteiger partial charge in [-0.05, 0) is 36.2 Å². The minimum Gasteiger partial charge on any atom is -0.495 e. The van der Waals surface area contributed by atoms with Crippen LogP contribution in [0.1, 0.15) is 5.56 Å². The predicted octanol–water partition coefficient (Wildman–Crippen LogP) is 5.12. The van der Waals surface area contributed by atoms with E-state index in [2.05, 4.69) is 4.72 Å². The van der Waals surface area contributed by atoms with Crippen molar-refractivity contribution in [3.8, 4) is 16.9 Å². The lowest BCUT2D eigenvalue weighted by molar-refractivity contribution is 0.402. The van der Waals surface area contributed by atoms with Crippen LogP contribution in [0, 0.1) is 6.92 Å². The molecule has 0 atom stereocenters. The molecule has 0 unspecified atom stereocenters. The first-order valence-corrected chi connectivity index (χ1v) is 9.80. The largest absolute Gasteiger partial charge is 0.495 e. The Labute approximate surface area is 158 Å². The Morgan fingerprint density at radius 1 is 0.962 bits per heavy atom. The Morgan fingerprint density at radius 3 is 2.31 bits per heavy atom. The summed E-state index contributed by atoms with van der Waals surface area (Å²) in [5.41, 5.74) is 2.93. The fourth-order valence-corrected chi connectivity index (χ4v) is 4.13. The van der Waals surface area contributed by atoms with Gasteiger partial charge in [-0.15, -0.1) is 0 Å². The molecule has 0 aromatic heterocycles. The number of ether oxygens (including phenoxy) is 1. The number of benzene rings is 3. The molecule has 3 aromatic rings. The molecule has 0 bridgehead atoms. The Balaban J connectivity index is 2.06. The maximum absolute atomic E-state index is 13.0.